The molecule has 4 nitrogen and oxygen atoms in total. The first-order valence-corrected chi connectivity index (χ1v) is 6.51. The van der Waals surface area contributed by atoms with Gasteiger partial charge in [-0.3, -0.25) is 4.79 Å². The molecule has 1 N–H and O–H groups in total. The van der Waals surface area contributed by atoms with Crippen LogP contribution in [0.4, 0.5) is 0 Å². The number of hydrogen-bond acceptors (Lipinski definition) is 3. The lowest BCUT2D eigenvalue weighted by Gasteiger charge is -2.30. The molecule has 1 atom stereocenters. The molecule has 4 heteroatoms. The van der Waals surface area contributed by atoms with Gasteiger partial charge in [0.15, 0.2) is 0 Å². The van der Waals surface area contributed by atoms with E-state index in [1.165, 1.54) is 0 Å². The topological polar surface area (TPSA) is 56.1 Å². The summed E-state index contributed by atoms with van der Waals surface area (Å²) in [5.41, 5.74) is 0. The molecule has 0 radical (unpaired) electrons. The zero-order chi connectivity index (χ0) is 12.7. The van der Waals surface area contributed by atoms with Gasteiger partial charge in [0.1, 0.15) is 0 Å². The van der Waals surface area contributed by atoms with Crippen LogP contribution in [0.25, 0.3) is 0 Å². The van der Waals surface area contributed by atoms with Crippen molar-refractivity contribution >= 4 is 5.91 Å². The summed E-state index contributed by atoms with van der Waals surface area (Å²) in [5, 5.41) is 11.9. The van der Waals surface area contributed by atoms with E-state index in [4.69, 9.17) is 5.26 Å². The van der Waals surface area contributed by atoms with Crippen molar-refractivity contribution in [2.24, 2.45) is 11.8 Å². The Hall–Kier alpha value is -1.08. The van der Waals surface area contributed by atoms with E-state index in [1.807, 2.05) is 4.90 Å². The third-order valence-electron chi connectivity index (χ3n) is 3.04. The normalized spacial score (nSPS) is 20.0. The van der Waals surface area contributed by atoms with Gasteiger partial charge in [-0.25, -0.2) is 0 Å². The molecule has 0 bridgehead atoms. The second kappa shape index (κ2) is 7.29. The maximum absolute atomic E-state index is 12.3. The van der Waals surface area contributed by atoms with Crippen LogP contribution in [0.1, 0.15) is 33.1 Å². The van der Waals surface area contributed by atoms with Crippen LogP contribution in [0.15, 0.2) is 0 Å². The van der Waals surface area contributed by atoms with E-state index in [0.717, 1.165) is 32.5 Å². The van der Waals surface area contributed by atoms with Crippen LogP contribution < -0.4 is 5.32 Å². The Labute approximate surface area is 104 Å². The van der Waals surface area contributed by atoms with Crippen LogP contribution in [-0.4, -0.2) is 37.0 Å². The summed E-state index contributed by atoms with van der Waals surface area (Å²) in [4.78, 5) is 14.2. The first-order chi connectivity index (χ1) is 8.15. The van der Waals surface area contributed by atoms with Crippen LogP contribution in [0, 0.1) is 23.2 Å². The fraction of sp³-hybridized carbons (Fsp3) is 0.846. The predicted octanol–water partition coefficient (Wildman–Crippen LogP) is 1.38. The molecule has 0 aromatic heterocycles. The predicted molar refractivity (Wildman–Crippen MR) is 67.2 cm³/mol. The highest BCUT2D eigenvalue weighted by atomic mass is 16.2. The molecule has 96 valence electrons. The summed E-state index contributed by atoms with van der Waals surface area (Å²) in [6.07, 6.45) is 2.48. The standard InChI is InChI=1S/C13H23N3O/c1-11(2)10-16(8-4-6-14)13(17)12-5-3-7-15-9-12/h11-12,15H,3-5,7-10H2,1-2H3/t12-/m1/s1. The number of nitrogens with zero attached hydrogens (tertiary/aromatic N) is 2. The highest BCUT2D eigenvalue weighted by Gasteiger charge is 2.25. The lowest BCUT2D eigenvalue weighted by atomic mass is 9.97. The molecule has 0 aromatic rings. The van der Waals surface area contributed by atoms with Crippen molar-refractivity contribution in [2.75, 3.05) is 26.2 Å². The lowest BCUT2D eigenvalue weighted by molar-refractivity contribution is -0.136. The van der Waals surface area contributed by atoms with Crippen molar-refractivity contribution in [1.29, 1.82) is 5.26 Å². The summed E-state index contributed by atoms with van der Waals surface area (Å²) in [7, 11) is 0. The Morgan fingerprint density at radius 2 is 2.35 bits per heavy atom. The highest BCUT2D eigenvalue weighted by molar-refractivity contribution is 5.79. The molecule has 1 fully saturated rings. The van der Waals surface area contributed by atoms with E-state index in [2.05, 4.69) is 25.2 Å². The third-order valence-corrected chi connectivity index (χ3v) is 3.04. The molecule has 1 aliphatic rings. The van der Waals surface area contributed by atoms with Gasteiger partial charge in [0.25, 0.3) is 0 Å². The minimum absolute atomic E-state index is 0.112. The smallest absolute Gasteiger partial charge is 0.227 e. The van der Waals surface area contributed by atoms with Gasteiger partial charge in [0.2, 0.25) is 5.91 Å². The zero-order valence-electron chi connectivity index (χ0n) is 10.9. The van der Waals surface area contributed by atoms with E-state index in [0.29, 0.717) is 18.9 Å². The van der Waals surface area contributed by atoms with Crippen molar-refractivity contribution < 1.29 is 4.79 Å². The molecular formula is C13H23N3O. The number of amides is 1. The van der Waals surface area contributed by atoms with Crippen LogP contribution in [-0.2, 0) is 4.79 Å². The average Bonchev–Trinajstić information content (AvgIpc) is 2.34. The number of hydrogen-bond donors (Lipinski definition) is 1. The van der Waals surface area contributed by atoms with Crippen molar-refractivity contribution in [2.45, 2.75) is 33.1 Å². The Kier molecular flexibility index (Phi) is 5.99. The summed E-state index contributed by atoms with van der Waals surface area (Å²) in [6.45, 7) is 7.35. The van der Waals surface area contributed by atoms with Gasteiger partial charge in [-0.15, -0.1) is 0 Å². The maximum Gasteiger partial charge on any atom is 0.227 e. The number of nitrogens with one attached hydrogen (secondary N) is 1. The van der Waals surface area contributed by atoms with Crippen LogP contribution in [0.5, 0.6) is 0 Å². The largest absolute Gasteiger partial charge is 0.341 e. The minimum atomic E-state index is 0.112. The maximum atomic E-state index is 12.3. The summed E-state index contributed by atoms with van der Waals surface area (Å²) in [5.74, 6) is 0.788. The Bertz CT molecular complexity index is 277. The van der Waals surface area contributed by atoms with Crippen molar-refractivity contribution in [3.63, 3.8) is 0 Å². The van der Waals surface area contributed by atoms with E-state index in [1.54, 1.807) is 0 Å². The highest BCUT2D eigenvalue weighted by Crippen LogP contribution is 2.14. The molecule has 1 aliphatic heterocycles. The van der Waals surface area contributed by atoms with Gasteiger partial charge in [-0.05, 0) is 25.3 Å². The number of carbonyl (C=O) groups is 1. The van der Waals surface area contributed by atoms with E-state index < -0.39 is 0 Å². The molecule has 17 heavy (non-hydrogen) atoms. The fourth-order valence-corrected chi connectivity index (χ4v) is 2.24. The molecule has 1 rings (SSSR count). The molecule has 0 aliphatic carbocycles. The second-order valence-corrected chi connectivity index (χ2v) is 5.13. The lowest BCUT2D eigenvalue weighted by Crippen LogP contribution is -2.44. The molecule has 1 amide bonds. The van der Waals surface area contributed by atoms with Crippen LogP contribution >= 0.6 is 0 Å². The molecule has 0 aromatic carbocycles. The molecule has 1 heterocycles. The number of carbonyl (C=O) groups excluding carboxylic acids is 1. The SMILES string of the molecule is CC(C)CN(CCC#N)C(=O)[C@@H]1CCCNC1. The number of rotatable bonds is 5. The van der Waals surface area contributed by atoms with Crippen molar-refractivity contribution in [3.8, 4) is 6.07 Å². The fourth-order valence-electron chi connectivity index (χ4n) is 2.24. The van der Waals surface area contributed by atoms with Gasteiger partial charge in [0.05, 0.1) is 18.4 Å². The van der Waals surface area contributed by atoms with Gasteiger partial charge in [-0.2, -0.15) is 5.26 Å². The average molecular weight is 237 g/mol. The minimum Gasteiger partial charge on any atom is -0.341 e. The number of piperidine rings is 1. The molecule has 1 saturated heterocycles. The second-order valence-electron chi connectivity index (χ2n) is 5.13. The molecule has 0 unspecified atom stereocenters. The van der Waals surface area contributed by atoms with Gasteiger partial charge < -0.3 is 10.2 Å². The summed E-state index contributed by atoms with van der Waals surface area (Å²) in [6, 6.07) is 2.12. The zero-order valence-corrected chi connectivity index (χ0v) is 10.9. The molecule has 0 saturated carbocycles. The third kappa shape index (κ3) is 4.74. The molecule has 0 spiro atoms. The van der Waals surface area contributed by atoms with Gasteiger partial charge >= 0.3 is 0 Å². The summed E-state index contributed by atoms with van der Waals surface area (Å²) < 4.78 is 0. The van der Waals surface area contributed by atoms with Crippen molar-refractivity contribution in [3.05, 3.63) is 0 Å². The quantitative estimate of drug-likeness (QED) is 0.786. The van der Waals surface area contributed by atoms with E-state index in [9.17, 15) is 4.79 Å². The summed E-state index contributed by atoms with van der Waals surface area (Å²) >= 11 is 0. The Balaban J connectivity index is 2.54. The first kappa shape index (κ1) is 14.0. The van der Waals surface area contributed by atoms with E-state index >= 15 is 0 Å². The van der Waals surface area contributed by atoms with Crippen molar-refractivity contribution in [1.82, 2.24) is 10.2 Å². The van der Waals surface area contributed by atoms with Gasteiger partial charge in [0, 0.05) is 19.6 Å². The molecular weight excluding hydrogens is 214 g/mol. The Morgan fingerprint density at radius 1 is 1.59 bits per heavy atom. The van der Waals surface area contributed by atoms with Gasteiger partial charge in [-0.1, -0.05) is 13.8 Å². The number of nitriles is 1. The first-order valence-electron chi connectivity index (χ1n) is 6.51. The van der Waals surface area contributed by atoms with Crippen LogP contribution in [0.3, 0.4) is 0 Å². The Morgan fingerprint density at radius 3 is 2.88 bits per heavy atom. The monoisotopic (exact) mass is 237 g/mol. The van der Waals surface area contributed by atoms with E-state index in [-0.39, 0.29) is 11.8 Å². The van der Waals surface area contributed by atoms with Crippen LogP contribution in [0.2, 0.25) is 0 Å².